The standard InChI is InChI=1S/C11H20O7/c1-2-3-4-7(12)17-5-6-8(13)9(14)10(15)11(16)18-6/h6,8-11,13-16H,2-5H2,1H3/t6-,8+,9+,10-,11?/m1/s1. The molecule has 1 saturated heterocycles. The summed E-state index contributed by atoms with van der Waals surface area (Å²) in [4.78, 5) is 11.2. The van der Waals surface area contributed by atoms with Crippen molar-refractivity contribution in [1.82, 2.24) is 0 Å². The summed E-state index contributed by atoms with van der Waals surface area (Å²) in [6.07, 6.45) is -5.35. The van der Waals surface area contributed by atoms with Crippen LogP contribution in [0.3, 0.4) is 0 Å². The number of rotatable bonds is 5. The van der Waals surface area contributed by atoms with Crippen LogP contribution in [0.2, 0.25) is 0 Å². The third-order valence-electron chi connectivity index (χ3n) is 2.83. The van der Waals surface area contributed by atoms with Crippen molar-refractivity contribution in [3.8, 4) is 0 Å². The van der Waals surface area contributed by atoms with E-state index in [4.69, 9.17) is 9.47 Å². The van der Waals surface area contributed by atoms with Gasteiger partial charge in [-0.15, -0.1) is 0 Å². The fourth-order valence-electron chi connectivity index (χ4n) is 1.64. The molecule has 1 fully saturated rings. The molecule has 1 rings (SSSR count). The highest BCUT2D eigenvalue weighted by Crippen LogP contribution is 2.20. The van der Waals surface area contributed by atoms with Crippen LogP contribution in [0.1, 0.15) is 26.2 Å². The Morgan fingerprint density at radius 2 is 1.83 bits per heavy atom. The lowest BCUT2D eigenvalue weighted by molar-refractivity contribution is -0.287. The van der Waals surface area contributed by atoms with E-state index in [0.29, 0.717) is 6.42 Å². The summed E-state index contributed by atoms with van der Waals surface area (Å²) < 4.78 is 9.71. The zero-order valence-electron chi connectivity index (χ0n) is 10.2. The van der Waals surface area contributed by atoms with Crippen LogP contribution in [0.5, 0.6) is 0 Å². The van der Waals surface area contributed by atoms with Crippen LogP contribution in [0.25, 0.3) is 0 Å². The maximum absolute atomic E-state index is 11.2. The first kappa shape index (κ1) is 15.3. The van der Waals surface area contributed by atoms with Gasteiger partial charge in [-0.25, -0.2) is 0 Å². The molecule has 1 unspecified atom stereocenters. The van der Waals surface area contributed by atoms with Crippen LogP contribution >= 0.6 is 0 Å². The van der Waals surface area contributed by atoms with E-state index in [9.17, 15) is 25.2 Å². The molecule has 0 bridgehead atoms. The molecule has 1 aliphatic heterocycles. The maximum Gasteiger partial charge on any atom is 0.305 e. The van der Waals surface area contributed by atoms with Gasteiger partial charge in [0.25, 0.3) is 0 Å². The number of aliphatic hydroxyl groups is 4. The van der Waals surface area contributed by atoms with Gasteiger partial charge in [-0.05, 0) is 6.42 Å². The molecule has 1 aliphatic rings. The fourth-order valence-corrected chi connectivity index (χ4v) is 1.64. The second kappa shape index (κ2) is 7.01. The van der Waals surface area contributed by atoms with Crippen LogP contribution in [0, 0.1) is 0 Å². The molecule has 0 radical (unpaired) electrons. The van der Waals surface area contributed by atoms with E-state index in [1.165, 1.54) is 0 Å². The Bertz CT molecular complexity index is 270. The van der Waals surface area contributed by atoms with Crippen molar-refractivity contribution >= 4 is 5.97 Å². The molecule has 1 heterocycles. The molecule has 0 saturated carbocycles. The molecule has 0 aromatic rings. The van der Waals surface area contributed by atoms with Gasteiger partial charge < -0.3 is 29.9 Å². The van der Waals surface area contributed by atoms with Crippen LogP contribution < -0.4 is 0 Å². The van der Waals surface area contributed by atoms with Crippen LogP contribution in [0.4, 0.5) is 0 Å². The molecule has 0 aromatic heterocycles. The normalized spacial score (nSPS) is 36.4. The van der Waals surface area contributed by atoms with Crippen LogP contribution in [0.15, 0.2) is 0 Å². The smallest absolute Gasteiger partial charge is 0.305 e. The molecule has 0 amide bonds. The zero-order chi connectivity index (χ0) is 13.7. The van der Waals surface area contributed by atoms with Crippen LogP contribution in [-0.2, 0) is 14.3 Å². The summed E-state index contributed by atoms with van der Waals surface area (Å²) in [6, 6.07) is 0. The minimum absolute atomic E-state index is 0.271. The van der Waals surface area contributed by atoms with Crippen molar-refractivity contribution in [1.29, 1.82) is 0 Å². The third-order valence-corrected chi connectivity index (χ3v) is 2.83. The number of unbranched alkanes of at least 4 members (excludes halogenated alkanes) is 1. The number of carbonyl (C=O) groups is 1. The molecule has 0 aliphatic carbocycles. The summed E-state index contributed by atoms with van der Waals surface area (Å²) >= 11 is 0. The van der Waals surface area contributed by atoms with Gasteiger partial charge in [0.05, 0.1) is 0 Å². The van der Waals surface area contributed by atoms with Crippen LogP contribution in [-0.4, -0.2) is 63.7 Å². The molecular formula is C11H20O7. The Labute approximate surface area is 105 Å². The van der Waals surface area contributed by atoms with E-state index in [0.717, 1.165) is 6.42 Å². The summed E-state index contributed by atoms with van der Waals surface area (Å²) in [5.74, 6) is -0.428. The number of ether oxygens (including phenoxy) is 2. The molecule has 4 N–H and O–H groups in total. The molecule has 0 spiro atoms. The lowest BCUT2D eigenvalue weighted by Crippen LogP contribution is -2.58. The monoisotopic (exact) mass is 264 g/mol. The molecule has 7 heteroatoms. The van der Waals surface area contributed by atoms with Gasteiger partial charge in [-0.3, -0.25) is 4.79 Å². The number of carbonyl (C=O) groups excluding carboxylic acids is 1. The van der Waals surface area contributed by atoms with Gasteiger partial charge in [-0.2, -0.15) is 0 Å². The number of hydrogen-bond acceptors (Lipinski definition) is 7. The summed E-state index contributed by atoms with van der Waals surface area (Å²) in [6.45, 7) is 1.67. The second-order valence-electron chi connectivity index (χ2n) is 4.32. The number of hydrogen-bond donors (Lipinski definition) is 4. The fraction of sp³-hybridized carbons (Fsp3) is 0.909. The number of esters is 1. The van der Waals surface area contributed by atoms with Gasteiger partial charge in [0.15, 0.2) is 6.29 Å². The molecule has 0 aromatic carbocycles. The van der Waals surface area contributed by atoms with Gasteiger partial charge in [0, 0.05) is 6.42 Å². The minimum Gasteiger partial charge on any atom is -0.463 e. The van der Waals surface area contributed by atoms with E-state index in [2.05, 4.69) is 0 Å². The molecule has 18 heavy (non-hydrogen) atoms. The molecule has 7 nitrogen and oxygen atoms in total. The lowest BCUT2D eigenvalue weighted by Gasteiger charge is -2.37. The van der Waals surface area contributed by atoms with Crippen molar-refractivity contribution in [2.75, 3.05) is 6.61 Å². The predicted molar refractivity (Wildman–Crippen MR) is 59.4 cm³/mol. The van der Waals surface area contributed by atoms with Crippen molar-refractivity contribution in [3.05, 3.63) is 0 Å². The quantitative estimate of drug-likeness (QED) is 0.447. The molecule has 106 valence electrons. The van der Waals surface area contributed by atoms with Gasteiger partial charge in [0.1, 0.15) is 31.0 Å². The van der Waals surface area contributed by atoms with Crippen molar-refractivity contribution in [2.45, 2.75) is 56.9 Å². The highest BCUT2D eigenvalue weighted by Gasteiger charge is 2.43. The first-order valence-corrected chi connectivity index (χ1v) is 6.00. The van der Waals surface area contributed by atoms with Gasteiger partial charge in [-0.1, -0.05) is 13.3 Å². The Morgan fingerprint density at radius 3 is 2.44 bits per heavy atom. The zero-order valence-corrected chi connectivity index (χ0v) is 10.2. The summed E-state index contributed by atoms with van der Waals surface area (Å²) in [5, 5.41) is 37.5. The Kier molecular flexibility index (Phi) is 5.97. The topological polar surface area (TPSA) is 116 Å². The SMILES string of the molecule is CCCCC(=O)OC[C@H]1OC(O)[C@H](O)[C@@H](O)[C@H]1O. The predicted octanol–water partition coefficient (Wildman–Crippen LogP) is -1.48. The van der Waals surface area contributed by atoms with Gasteiger partial charge >= 0.3 is 5.97 Å². The first-order chi connectivity index (χ1) is 8.47. The van der Waals surface area contributed by atoms with E-state index in [-0.39, 0.29) is 13.0 Å². The highest BCUT2D eigenvalue weighted by molar-refractivity contribution is 5.69. The first-order valence-electron chi connectivity index (χ1n) is 6.00. The largest absolute Gasteiger partial charge is 0.463 e. The minimum atomic E-state index is -1.61. The number of aliphatic hydroxyl groups excluding tert-OH is 4. The van der Waals surface area contributed by atoms with Gasteiger partial charge in [0.2, 0.25) is 0 Å². The van der Waals surface area contributed by atoms with Crippen molar-refractivity contribution in [3.63, 3.8) is 0 Å². The summed E-state index contributed by atoms with van der Waals surface area (Å²) in [7, 11) is 0. The lowest BCUT2D eigenvalue weighted by atomic mass is 9.99. The Balaban J connectivity index is 2.39. The average Bonchev–Trinajstić information content (AvgIpc) is 2.36. The van der Waals surface area contributed by atoms with Crippen molar-refractivity contribution in [2.24, 2.45) is 0 Å². The second-order valence-corrected chi connectivity index (χ2v) is 4.32. The average molecular weight is 264 g/mol. The molecule has 5 atom stereocenters. The van der Waals surface area contributed by atoms with E-state index in [1.807, 2.05) is 6.92 Å². The summed E-state index contributed by atoms with van der Waals surface area (Å²) in [5.41, 5.74) is 0. The Morgan fingerprint density at radius 1 is 1.17 bits per heavy atom. The Hall–Kier alpha value is -0.730. The highest BCUT2D eigenvalue weighted by atomic mass is 16.6. The van der Waals surface area contributed by atoms with E-state index >= 15 is 0 Å². The van der Waals surface area contributed by atoms with E-state index in [1.54, 1.807) is 0 Å². The maximum atomic E-state index is 11.2. The van der Waals surface area contributed by atoms with Crippen molar-refractivity contribution < 1.29 is 34.7 Å². The molecular weight excluding hydrogens is 244 g/mol. The van der Waals surface area contributed by atoms with E-state index < -0.39 is 36.7 Å². The third kappa shape index (κ3) is 3.89.